The summed E-state index contributed by atoms with van der Waals surface area (Å²) in [6, 6.07) is 26.5. The van der Waals surface area contributed by atoms with Crippen LogP contribution in [0, 0.1) is 40.7 Å². The lowest BCUT2D eigenvalue weighted by atomic mass is 9.49. The molecule has 0 spiro atoms. The van der Waals surface area contributed by atoms with Crippen molar-refractivity contribution in [2.45, 2.75) is 31.1 Å². The van der Waals surface area contributed by atoms with Gasteiger partial charge in [-0.3, -0.25) is 34.7 Å². The molecule has 4 amide bonds. The van der Waals surface area contributed by atoms with Crippen LogP contribution in [0.3, 0.4) is 0 Å². The Bertz CT molecular complexity index is 2200. The summed E-state index contributed by atoms with van der Waals surface area (Å²) in [7, 11) is 1.46. The van der Waals surface area contributed by atoms with Gasteiger partial charge in [0.2, 0.25) is 11.8 Å². The minimum atomic E-state index is -1.59. The molecular weight excluding hydrogens is 664 g/mol. The molecule has 0 unspecified atom stereocenters. The number of rotatable bonds is 7. The summed E-state index contributed by atoms with van der Waals surface area (Å²) in [4.78, 5) is 70.7. The highest BCUT2D eigenvalue weighted by molar-refractivity contribution is 6.22. The number of carbonyl (C=O) groups excluding carboxylic acids is 4. The first-order valence-corrected chi connectivity index (χ1v) is 17.0. The zero-order chi connectivity index (χ0) is 36.5. The number of hydrogen-bond acceptors (Lipinski definition) is 9. The van der Waals surface area contributed by atoms with Crippen LogP contribution in [-0.2, 0) is 24.6 Å². The number of anilines is 2. The van der Waals surface area contributed by atoms with Crippen LogP contribution in [0.1, 0.15) is 35.4 Å². The van der Waals surface area contributed by atoms with Gasteiger partial charge in [-0.25, -0.2) is 4.90 Å². The third-order valence-corrected chi connectivity index (χ3v) is 11.2. The van der Waals surface area contributed by atoms with Crippen LogP contribution < -0.4 is 15.1 Å². The molecule has 0 radical (unpaired) electrons. The van der Waals surface area contributed by atoms with Crippen molar-refractivity contribution in [3.05, 3.63) is 136 Å². The number of allylic oxidation sites excluding steroid dienone is 2. The quantitative estimate of drug-likeness (QED) is 0.105. The predicted molar refractivity (Wildman–Crippen MR) is 189 cm³/mol. The van der Waals surface area contributed by atoms with Gasteiger partial charge in [-0.05, 0) is 61.6 Å². The number of non-ortho nitro benzene ring substituents is 1. The fourth-order valence-corrected chi connectivity index (χ4v) is 9.06. The van der Waals surface area contributed by atoms with Crippen molar-refractivity contribution < 1.29 is 33.9 Å². The molecule has 262 valence electrons. The fourth-order valence-electron chi connectivity index (χ4n) is 9.06. The number of phenolic OH excluding ortho intramolecular Hbond substituents is 1. The summed E-state index contributed by atoms with van der Waals surface area (Å²) in [6.07, 6.45) is 2.06. The molecule has 1 saturated carbocycles. The van der Waals surface area contributed by atoms with Gasteiger partial charge in [0.15, 0.2) is 0 Å². The van der Waals surface area contributed by atoms with Crippen molar-refractivity contribution in [3.63, 3.8) is 0 Å². The van der Waals surface area contributed by atoms with Gasteiger partial charge in [-0.1, -0.05) is 71.8 Å². The van der Waals surface area contributed by atoms with Crippen molar-refractivity contribution >= 4 is 40.7 Å². The maximum Gasteiger partial charge on any atom is 0.271 e. The Morgan fingerprint density at radius 3 is 2.33 bits per heavy atom. The predicted octanol–water partition coefficient (Wildman–Crippen LogP) is 5.81. The van der Waals surface area contributed by atoms with E-state index >= 15 is 4.79 Å². The number of nitrogens with zero attached hydrogens (tertiary/aromatic N) is 3. The number of nitro benzene ring substituents is 1. The van der Waals surface area contributed by atoms with E-state index in [2.05, 4.69) is 5.43 Å². The molecule has 2 aliphatic carbocycles. The summed E-state index contributed by atoms with van der Waals surface area (Å²) < 4.78 is 5.82. The number of amides is 4. The van der Waals surface area contributed by atoms with Crippen LogP contribution in [0.5, 0.6) is 11.5 Å². The van der Waals surface area contributed by atoms with E-state index in [9.17, 15) is 29.6 Å². The highest BCUT2D eigenvalue weighted by Crippen LogP contribution is 2.66. The second kappa shape index (κ2) is 12.2. The van der Waals surface area contributed by atoms with Gasteiger partial charge in [0.05, 0.1) is 46.6 Å². The monoisotopic (exact) mass is 698 g/mol. The molecule has 2 saturated heterocycles. The van der Waals surface area contributed by atoms with Crippen LogP contribution >= 0.6 is 0 Å². The summed E-state index contributed by atoms with van der Waals surface area (Å²) in [6.45, 7) is 1.93. The minimum Gasteiger partial charge on any atom is -0.508 e. The van der Waals surface area contributed by atoms with Crippen LogP contribution in [0.25, 0.3) is 0 Å². The van der Waals surface area contributed by atoms with Gasteiger partial charge in [-0.15, -0.1) is 0 Å². The fraction of sp³-hybridized carbons (Fsp3) is 0.250. The molecule has 2 N–H and O–H groups in total. The van der Waals surface area contributed by atoms with Gasteiger partial charge >= 0.3 is 0 Å². The van der Waals surface area contributed by atoms with Crippen LogP contribution in [0.15, 0.2) is 109 Å². The molecule has 4 aliphatic rings. The number of methoxy groups -OCH3 is 1. The SMILES string of the molecule is COc1cccc(O)c1[C@H]1C2=CC[C@@H]3C(=O)N(c4cccc([N+](=O)[O-])c4)C(=O)[C@@H]3[C@@H]2C[C@H]2C(=O)N(Nc3ccc(C)cc3)C(=O)[C@@]12c1ccccc1. The van der Waals surface area contributed by atoms with Gasteiger partial charge in [0.25, 0.3) is 17.5 Å². The Morgan fingerprint density at radius 2 is 1.62 bits per heavy atom. The summed E-state index contributed by atoms with van der Waals surface area (Å²) >= 11 is 0. The van der Waals surface area contributed by atoms with Gasteiger partial charge < -0.3 is 9.84 Å². The van der Waals surface area contributed by atoms with E-state index in [0.29, 0.717) is 28.1 Å². The van der Waals surface area contributed by atoms with Gasteiger partial charge in [0.1, 0.15) is 11.5 Å². The molecule has 0 bridgehead atoms. The van der Waals surface area contributed by atoms with Gasteiger partial charge in [-0.2, -0.15) is 5.01 Å². The number of phenols is 1. The zero-order valence-corrected chi connectivity index (χ0v) is 28.3. The second-order valence-corrected chi connectivity index (χ2v) is 13.8. The topological polar surface area (TPSA) is 159 Å². The number of aromatic hydroxyl groups is 1. The molecule has 2 aliphatic heterocycles. The average Bonchev–Trinajstić information content (AvgIpc) is 3.53. The maximum absolute atomic E-state index is 15.3. The highest BCUT2D eigenvalue weighted by atomic mass is 16.6. The van der Waals surface area contributed by atoms with E-state index in [1.807, 2.05) is 31.2 Å². The summed E-state index contributed by atoms with van der Waals surface area (Å²) in [5.41, 5.74) is 4.28. The van der Waals surface area contributed by atoms with Crippen molar-refractivity contribution in [2.75, 3.05) is 17.4 Å². The summed E-state index contributed by atoms with van der Waals surface area (Å²) in [5, 5.41) is 24.3. The number of hydrazine groups is 1. The number of carbonyl (C=O) groups is 4. The number of benzene rings is 4. The molecule has 4 aromatic rings. The van der Waals surface area contributed by atoms with Crippen LogP contribution in [0.2, 0.25) is 0 Å². The summed E-state index contributed by atoms with van der Waals surface area (Å²) in [5.74, 6) is -6.39. The van der Waals surface area contributed by atoms with Crippen LogP contribution in [0.4, 0.5) is 17.1 Å². The number of aryl methyl sites for hydroxylation is 1. The third kappa shape index (κ3) is 4.66. The minimum absolute atomic E-state index is 0.0484. The van der Waals surface area contributed by atoms with E-state index in [0.717, 1.165) is 15.5 Å². The van der Waals surface area contributed by atoms with Crippen molar-refractivity contribution in [3.8, 4) is 11.5 Å². The van der Waals surface area contributed by atoms with Crippen LogP contribution in [-0.4, -0.2) is 45.8 Å². The first-order valence-electron chi connectivity index (χ1n) is 17.0. The maximum atomic E-state index is 15.3. The largest absolute Gasteiger partial charge is 0.508 e. The van der Waals surface area contributed by atoms with E-state index in [1.54, 1.807) is 48.5 Å². The zero-order valence-electron chi connectivity index (χ0n) is 28.3. The Hall–Kier alpha value is -6.30. The number of nitrogens with one attached hydrogen (secondary N) is 1. The molecular formula is C40H34N4O8. The normalized spacial score (nSPS) is 26.4. The average molecular weight is 699 g/mol. The molecule has 12 nitrogen and oxygen atoms in total. The lowest BCUT2D eigenvalue weighted by Crippen LogP contribution is -2.53. The molecule has 12 heteroatoms. The molecule has 52 heavy (non-hydrogen) atoms. The Labute approximate surface area is 298 Å². The highest BCUT2D eigenvalue weighted by Gasteiger charge is 2.71. The number of nitro groups is 1. The lowest BCUT2D eigenvalue weighted by molar-refractivity contribution is -0.384. The molecule has 0 aromatic heterocycles. The smallest absolute Gasteiger partial charge is 0.271 e. The van der Waals surface area contributed by atoms with E-state index in [4.69, 9.17) is 4.74 Å². The Balaban J connectivity index is 1.33. The first-order chi connectivity index (χ1) is 25.1. The second-order valence-electron chi connectivity index (χ2n) is 13.8. The molecule has 4 aromatic carbocycles. The molecule has 8 rings (SSSR count). The number of imide groups is 2. The van der Waals surface area contributed by atoms with Crippen molar-refractivity contribution in [2.24, 2.45) is 23.7 Å². The number of ether oxygens (including phenoxy) is 1. The standard InChI is InChI=1S/C40H34N4O8/c1-22-14-16-24(17-15-22)41-43-37(47)30-21-29-27(18-19-28-33(29)38(48)42(36(28)46)25-10-6-11-26(20-25)44(50)51)35(34-31(45)12-7-13-32(34)52-2)40(30,39(43)49)23-8-4-3-5-9-23/h3-18,20,28-30,33,35,41,45H,19,21H2,1-2H3/t28-,29+,30-,33-,35+,40+/m0/s1. The van der Waals surface area contributed by atoms with E-state index < -0.39 is 63.6 Å². The van der Waals surface area contributed by atoms with E-state index in [-0.39, 0.29) is 30.0 Å². The lowest BCUT2D eigenvalue weighted by Gasteiger charge is -2.50. The molecule has 2 heterocycles. The van der Waals surface area contributed by atoms with Gasteiger partial charge in [0, 0.05) is 23.6 Å². The molecule has 6 atom stereocenters. The Morgan fingerprint density at radius 1 is 0.885 bits per heavy atom. The first kappa shape index (κ1) is 32.9. The third-order valence-electron chi connectivity index (χ3n) is 11.2. The number of fused-ring (bicyclic) bond motifs is 4. The van der Waals surface area contributed by atoms with E-state index in [1.165, 1.54) is 37.4 Å². The number of hydrogen-bond donors (Lipinski definition) is 2. The Kier molecular flexibility index (Phi) is 7.70. The van der Waals surface area contributed by atoms with Crippen molar-refractivity contribution in [1.29, 1.82) is 0 Å². The molecule has 3 fully saturated rings. The van der Waals surface area contributed by atoms with Crippen molar-refractivity contribution in [1.82, 2.24) is 5.01 Å².